The van der Waals surface area contributed by atoms with Crippen LogP contribution in [0.25, 0.3) is 5.57 Å². The van der Waals surface area contributed by atoms with Crippen molar-refractivity contribution in [3.63, 3.8) is 0 Å². The molecule has 52 valence electrons. The van der Waals surface area contributed by atoms with Crippen molar-refractivity contribution in [3.8, 4) is 0 Å². The average molecular weight is 169 g/mol. The molecule has 0 amide bonds. The van der Waals surface area contributed by atoms with Gasteiger partial charge in [-0.05, 0) is 11.4 Å². The molecule has 2 N–H and O–H groups in total. The minimum absolute atomic E-state index is 0.377. The van der Waals surface area contributed by atoms with Crippen molar-refractivity contribution in [1.29, 1.82) is 0 Å². The summed E-state index contributed by atoms with van der Waals surface area (Å²) in [6.45, 7) is 3.74. The lowest BCUT2D eigenvalue weighted by Crippen LogP contribution is -2.08. The Morgan fingerprint density at radius 1 is 1.70 bits per heavy atom. The number of thiocarbonyl (C=S) groups is 1. The molecule has 3 heteroatoms. The van der Waals surface area contributed by atoms with E-state index < -0.39 is 0 Å². The first kappa shape index (κ1) is 7.44. The summed E-state index contributed by atoms with van der Waals surface area (Å²) in [6.07, 6.45) is 0. The van der Waals surface area contributed by atoms with Gasteiger partial charge in [0.05, 0.1) is 0 Å². The number of nitrogens with two attached hydrogens (primary N) is 1. The average Bonchev–Trinajstić information content (AvgIpc) is 2.36. The molecular formula is C7H7NS2. The molecule has 1 rings (SSSR count). The fourth-order valence-corrected chi connectivity index (χ4v) is 1.46. The van der Waals surface area contributed by atoms with Gasteiger partial charge in [-0.1, -0.05) is 24.9 Å². The Kier molecular flexibility index (Phi) is 2.19. The highest BCUT2D eigenvalue weighted by Crippen LogP contribution is 2.17. The van der Waals surface area contributed by atoms with E-state index in [4.69, 9.17) is 18.0 Å². The Morgan fingerprint density at radius 3 is 2.80 bits per heavy atom. The predicted octanol–water partition coefficient (Wildman–Crippen LogP) is 2.05. The van der Waals surface area contributed by atoms with Gasteiger partial charge in [0.2, 0.25) is 0 Å². The second-order valence-corrected chi connectivity index (χ2v) is 3.21. The molecular weight excluding hydrogens is 162 g/mol. The highest BCUT2D eigenvalue weighted by Gasteiger charge is 2.00. The maximum absolute atomic E-state index is 5.37. The van der Waals surface area contributed by atoms with E-state index in [2.05, 4.69) is 6.58 Å². The largest absolute Gasteiger partial charge is 0.389 e. The molecule has 0 saturated carbocycles. The first-order valence-corrected chi connectivity index (χ1v) is 4.03. The Labute approximate surface area is 69.2 Å². The van der Waals surface area contributed by atoms with Crippen LogP contribution in [0.5, 0.6) is 0 Å². The molecule has 0 bridgehead atoms. The van der Waals surface area contributed by atoms with E-state index in [0.29, 0.717) is 4.99 Å². The van der Waals surface area contributed by atoms with Crippen LogP contribution in [0.4, 0.5) is 0 Å². The molecule has 0 saturated heterocycles. The zero-order valence-electron chi connectivity index (χ0n) is 5.33. The van der Waals surface area contributed by atoms with Gasteiger partial charge in [-0.3, -0.25) is 0 Å². The number of hydrogen-bond acceptors (Lipinski definition) is 2. The molecule has 0 atom stereocenters. The van der Waals surface area contributed by atoms with Crippen LogP contribution in [-0.4, -0.2) is 4.99 Å². The van der Waals surface area contributed by atoms with Crippen LogP contribution < -0.4 is 5.73 Å². The first-order valence-electron chi connectivity index (χ1n) is 2.74. The Hall–Kier alpha value is -0.670. The lowest BCUT2D eigenvalue weighted by molar-refractivity contribution is 1.81. The standard InChI is InChI=1S/C7H7NS2/c1-5(7(8)9)6-3-2-4-10-6/h2-4H,1H2,(H2,8,9). The van der Waals surface area contributed by atoms with Crippen LogP contribution in [-0.2, 0) is 0 Å². The van der Waals surface area contributed by atoms with Gasteiger partial charge in [-0.25, -0.2) is 0 Å². The van der Waals surface area contributed by atoms with Crippen LogP contribution in [0.15, 0.2) is 24.1 Å². The van der Waals surface area contributed by atoms with Crippen molar-refractivity contribution in [3.05, 3.63) is 29.0 Å². The van der Waals surface area contributed by atoms with E-state index in [9.17, 15) is 0 Å². The second kappa shape index (κ2) is 2.94. The Morgan fingerprint density at radius 2 is 2.40 bits per heavy atom. The quantitative estimate of drug-likeness (QED) is 0.541. The molecule has 1 heterocycles. The topological polar surface area (TPSA) is 26.0 Å². The molecule has 0 unspecified atom stereocenters. The van der Waals surface area contributed by atoms with Crippen molar-refractivity contribution in [2.75, 3.05) is 0 Å². The highest BCUT2D eigenvalue weighted by molar-refractivity contribution is 7.81. The number of hydrogen-bond donors (Lipinski definition) is 1. The molecule has 0 spiro atoms. The van der Waals surface area contributed by atoms with E-state index in [1.165, 1.54) is 0 Å². The monoisotopic (exact) mass is 169 g/mol. The SMILES string of the molecule is C=C(C(N)=S)c1cccs1. The van der Waals surface area contributed by atoms with Crippen LogP contribution in [0, 0.1) is 0 Å². The molecule has 0 fully saturated rings. The fraction of sp³-hybridized carbons (Fsp3) is 0. The van der Waals surface area contributed by atoms with E-state index in [0.717, 1.165) is 10.5 Å². The summed E-state index contributed by atoms with van der Waals surface area (Å²) in [6, 6.07) is 3.90. The molecule has 0 aliphatic carbocycles. The van der Waals surface area contributed by atoms with Gasteiger partial charge in [0.1, 0.15) is 4.99 Å². The third-order valence-corrected chi connectivity index (χ3v) is 2.29. The van der Waals surface area contributed by atoms with Crippen molar-refractivity contribution in [2.45, 2.75) is 0 Å². The molecule has 0 aromatic carbocycles. The van der Waals surface area contributed by atoms with Crippen molar-refractivity contribution in [1.82, 2.24) is 0 Å². The zero-order chi connectivity index (χ0) is 7.56. The second-order valence-electron chi connectivity index (χ2n) is 1.82. The maximum atomic E-state index is 5.37. The van der Waals surface area contributed by atoms with Crippen LogP contribution in [0.2, 0.25) is 0 Å². The molecule has 1 nitrogen and oxygen atoms in total. The van der Waals surface area contributed by atoms with Gasteiger partial charge in [0.15, 0.2) is 0 Å². The molecule has 0 aliphatic rings. The lowest BCUT2D eigenvalue weighted by Gasteiger charge is -1.96. The smallest absolute Gasteiger partial charge is 0.104 e. The summed E-state index contributed by atoms with van der Waals surface area (Å²) in [5, 5.41) is 1.97. The van der Waals surface area contributed by atoms with Gasteiger partial charge in [0, 0.05) is 10.5 Å². The lowest BCUT2D eigenvalue weighted by atomic mass is 10.2. The molecule has 0 aliphatic heterocycles. The van der Waals surface area contributed by atoms with E-state index in [1.807, 2.05) is 17.5 Å². The van der Waals surface area contributed by atoms with Crippen molar-refractivity contribution >= 4 is 34.1 Å². The third-order valence-electron chi connectivity index (χ3n) is 1.12. The normalized spacial score (nSPS) is 9.20. The predicted molar refractivity (Wildman–Crippen MR) is 50.1 cm³/mol. The Bertz CT molecular complexity index is 249. The van der Waals surface area contributed by atoms with E-state index >= 15 is 0 Å². The van der Waals surface area contributed by atoms with Crippen LogP contribution in [0.1, 0.15) is 4.88 Å². The third kappa shape index (κ3) is 1.43. The van der Waals surface area contributed by atoms with Crippen molar-refractivity contribution < 1.29 is 0 Å². The summed E-state index contributed by atoms with van der Waals surface area (Å²) in [5.41, 5.74) is 6.12. The fourth-order valence-electron chi connectivity index (χ4n) is 0.572. The number of thiophene rings is 1. The first-order chi connectivity index (χ1) is 4.72. The van der Waals surface area contributed by atoms with Gasteiger partial charge in [-0.15, -0.1) is 11.3 Å². The van der Waals surface area contributed by atoms with Gasteiger partial charge < -0.3 is 5.73 Å². The molecule has 10 heavy (non-hydrogen) atoms. The Balaban J connectivity index is 2.88. The maximum Gasteiger partial charge on any atom is 0.104 e. The summed E-state index contributed by atoms with van der Waals surface area (Å²) in [4.78, 5) is 1.43. The summed E-state index contributed by atoms with van der Waals surface area (Å²) < 4.78 is 0. The van der Waals surface area contributed by atoms with E-state index in [-0.39, 0.29) is 0 Å². The highest BCUT2D eigenvalue weighted by atomic mass is 32.1. The summed E-state index contributed by atoms with van der Waals surface area (Å²) in [5.74, 6) is 0. The molecule has 1 aromatic heterocycles. The molecule has 0 radical (unpaired) electrons. The van der Waals surface area contributed by atoms with Gasteiger partial charge in [-0.2, -0.15) is 0 Å². The van der Waals surface area contributed by atoms with Crippen LogP contribution >= 0.6 is 23.6 Å². The summed E-state index contributed by atoms with van der Waals surface area (Å²) >= 11 is 6.34. The van der Waals surface area contributed by atoms with Gasteiger partial charge in [0.25, 0.3) is 0 Å². The van der Waals surface area contributed by atoms with E-state index in [1.54, 1.807) is 11.3 Å². The van der Waals surface area contributed by atoms with Crippen molar-refractivity contribution in [2.24, 2.45) is 5.73 Å². The van der Waals surface area contributed by atoms with Gasteiger partial charge >= 0.3 is 0 Å². The minimum Gasteiger partial charge on any atom is -0.389 e. The number of rotatable bonds is 2. The molecule has 1 aromatic rings. The minimum atomic E-state index is 0.377. The summed E-state index contributed by atoms with van der Waals surface area (Å²) in [7, 11) is 0. The van der Waals surface area contributed by atoms with Crippen LogP contribution in [0.3, 0.4) is 0 Å². The zero-order valence-corrected chi connectivity index (χ0v) is 6.97.